The molecule has 0 spiro atoms. The molecule has 0 heterocycles. The van der Waals surface area contributed by atoms with Crippen LogP contribution in [0.15, 0.2) is 23.3 Å². The van der Waals surface area contributed by atoms with Crippen molar-refractivity contribution in [3.05, 3.63) is 23.3 Å². The fourth-order valence-electron chi connectivity index (χ4n) is 4.89. The first-order valence-corrected chi connectivity index (χ1v) is 11.1. The molecule has 0 saturated heterocycles. The number of ketones is 1. The number of Topliss-reactive ketones (excluding diaryl/α,β-unsaturated/α-hetero) is 1. The van der Waals surface area contributed by atoms with Gasteiger partial charge in [0.05, 0.1) is 12.7 Å². The van der Waals surface area contributed by atoms with Crippen LogP contribution in [0.5, 0.6) is 0 Å². The second-order valence-electron chi connectivity index (χ2n) is 9.20. The molecule has 0 aromatic carbocycles. The van der Waals surface area contributed by atoms with E-state index in [9.17, 15) is 14.7 Å². The Morgan fingerprint density at radius 1 is 1.31 bits per heavy atom. The number of rotatable bonds is 13. The Labute approximate surface area is 175 Å². The lowest BCUT2D eigenvalue weighted by Gasteiger charge is -2.21. The number of aliphatic hydroxyl groups excluding tert-OH is 1. The van der Waals surface area contributed by atoms with Crippen LogP contribution in [0.2, 0.25) is 0 Å². The lowest BCUT2D eigenvalue weighted by Crippen LogP contribution is -2.28. The van der Waals surface area contributed by atoms with E-state index >= 15 is 0 Å². The van der Waals surface area contributed by atoms with Gasteiger partial charge in [-0.05, 0) is 70.1 Å². The lowest BCUT2D eigenvalue weighted by atomic mass is 9.84. The van der Waals surface area contributed by atoms with Crippen molar-refractivity contribution in [3.8, 4) is 0 Å². The van der Waals surface area contributed by atoms with E-state index in [1.165, 1.54) is 11.1 Å². The number of ether oxygens (including phenoxy) is 1. The third kappa shape index (κ3) is 7.71. The minimum atomic E-state index is -0.956. The molecule has 1 saturated carbocycles. The van der Waals surface area contributed by atoms with E-state index in [0.29, 0.717) is 31.8 Å². The van der Waals surface area contributed by atoms with Gasteiger partial charge in [0.15, 0.2) is 0 Å². The summed E-state index contributed by atoms with van der Waals surface area (Å²) < 4.78 is 5.13. The fraction of sp³-hybridized carbons (Fsp3) is 0.750. The normalized spacial score (nSPS) is 26.7. The molecule has 5 atom stereocenters. The zero-order valence-corrected chi connectivity index (χ0v) is 18.2. The highest BCUT2D eigenvalue weighted by molar-refractivity contribution is 5.82. The molecule has 0 radical (unpaired) electrons. The van der Waals surface area contributed by atoms with Crippen molar-refractivity contribution in [3.63, 3.8) is 0 Å². The summed E-state index contributed by atoms with van der Waals surface area (Å²) in [5.74, 6) is 0.124. The molecular formula is C24H38O5. The summed E-state index contributed by atoms with van der Waals surface area (Å²) in [5, 5.41) is 19.1. The number of hydrogen-bond donors (Lipinski definition) is 2. The van der Waals surface area contributed by atoms with Crippen LogP contribution in [-0.4, -0.2) is 41.3 Å². The topological polar surface area (TPSA) is 83.8 Å². The minimum absolute atomic E-state index is 0.210. The Hall–Kier alpha value is -1.46. The highest BCUT2D eigenvalue weighted by Gasteiger charge is 2.47. The van der Waals surface area contributed by atoms with Crippen molar-refractivity contribution >= 4 is 11.8 Å². The quantitative estimate of drug-likeness (QED) is 0.346. The lowest BCUT2D eigenvalue weighted by molar-refractivity contribution is -0.142. The van der Waals surface area contributed by atoms with Gasteiger partial charge in [0, 0.05) is 12.3 Å². The highest BCUT2D eigenvalue weighted by Crippen LogP contribution is 2.48. The van der Waals surface area contributed by atoms with Crippen molar-refractivity contribution < 1.29 is 24.5 Å². The van der Waals surface area contributed by atoms with Crippen LogP contribution < -0.4 is 0 Å². The first kappa shape index (κ1) is 23.8. The molecule has 5 heteroatoms. The number of carbonyl (C=O) groups excluding carboxylic acids is 1. The monoisotopic (exact) mass is 406 g/mol. The summed E-state index contributed by atoms with van der Waals surface area (Å²) in [6.07, 6.45) is 10.9. The van der Waals surface area contributed by atoms with Crippen LogP contribution in [-0.2, 0) is 14.3 Å². The van der Waals surface area contributed by atoms with Crippen molar-refractivity contribution in [1.82, 2.24) is 0 Å². The fourth-order valence-corrected chi connectivity index (χ4v) is 4.89. The zero-order valence-electron chi connectivity index (χ0n) is 18.2. The molecule has 5 nitrogen and oxygen atoms in total. The zero-order chi connectivity index (χ0) is 21.4. The van der Waals surface area contributed by atoms with Crippen LogP contribution in [0.4, 0.5) is 0 Å². The Bertz CT molecular complexity index is 617. The number of carboxylic acids is 1. The standard InChI is InChI=1S/C24H38O5/c1-16(2)6-4-7-17(3)8-5-9-21(25)24-20-13-18(10-11-29-15-23(27)28)12-19(20)14-22(24)26/h6,12,17,19-20,22,24,26H,4-5,7-11,13-15H2,1-3H3,(H,27,28)/t17-,19-,20-,22+,24-/m1/s1. The second-order valence-corrected chi connectivity index (χ2v) is 9.20. The number of aliphatic carboxylic acids is 1. The van der Waals surface area contributed by atoms with Gasteiger partial charge in [-0.1, -0.05) is 36.6 Å². The van der Waals surface area contributed by atoms with E-state index in [4.69, 9.17) is 9.84 Å². The maximum Gasteiger partial charge on any atom is 0.329 e. The summed E-state index contributed by atoms with van der Waals surface area (Å²) in [4.78, 5) is 23.4. The largest absolute Gasteiger partial charge is 0.480 e. The molecule has 0 amide bonds. The van der Waals surface area contributed by atoms with Crippen molar-refractivity contribution in [2.75, 3.05) is 13.2 Å². The van der Waals surface area contributed by atoms with Crippen molar-refractivity contribution in [2.24, 2.45) is 23.7 Å². The SMILES string of the molecule is CC(C)=CCC[C@@H](C)CCCC(=O)[C@H]1[C@@H]2CC(CCOCC(=O)O)=C[C@@H]2C[C@@H]1O. The average molecular weight is 407 g/mol. The molecule has 2 N–H and O–H groups in total. The van der Waals surface area contributed by atoms with Crippen molar-refractivity contribution in [2.45, 2.75) is 78.2 Å². The molecule has 0 bridgehead atoms. The molecule has 2 aliphatic carbocycles. The third-order valence-electron chi connectivity index (χ3n) is 6.38. The minimum Gasteiger partial charge on any atom is -0.480 e. The first-order chi connectivity index (χ1) is 13.8. The predicted molar refractivity (Wildman–Crippen MR) is 114 cm³/mol. The smallest absolute Gasteiger partial charge is 0.329 e. The summed E-state index contributed by atoms with van der Waals surface area (Å²) in [7, 11) is 0. The molecule has 1 fully saturated rings. The van der Waals surface area contributed by atoms with E-state index < -0.39 is 12.1 Å². The van der Waals surface area contributed by atoms with Gasteiger partial charge in [-0.25, -0.2) is 4.79 Å². The van der Waals surface area contributed by atoms with E-state index in [-0.39, 0.29) is 30.1 Å². The number of carbonyl (C=O) groups is 2. The Kier molecular flexibility index (Phi) is 9.57. The third-order valence-corrected chi connectivity index (χ3v) is 6.38. The van der Waals surface area contributed by atoms with Crippen LogP contribution in [0.25, 0.3) is 0 Å². The maximum absolute atomic E-state index is 12.8. The molecule has 0 aromatic heterocycles. The first-order valence-electron chi connectivity index (χ1n) is 11.1. The van der Waals surface area contributed by atoms with Crippen LogP contribution in [0.3, 0.4) is 0 Å². The van der Waals surface area contributed by atoms with E-state index in [0.717, 1.165) is 32.1 Å². The average Bonchev–Trinajstić information content (AvgIpc) is 3.13. The molecule has 0 aromatic rings. The number of carboxylic acid groups (broad SMARTS) is 1. The molecule has 0 aliphatic heterocycles. The van der Waals surface area contributed by atoms with Gasteiger partial charge in [0.2, 0.25) is 0 Å². The Morgan fingerprint density at radius 3 is 2.76 bits per heavy atom. The molecule has 2 rings (SSSR count). The van der Waals surface area contributed by atoms with Gasteiger partial charge >= 0.3 is 5.97 Å². The van der Waals surface area contributed by atoms with E-state index in [1.54, 1.807) is 0 Å². The number of aliphatic hydroxyl groups is 1. The van der Waals surface area contributed by atoms with Gasteiger partial charge < -0.3 is 14.9 Å². The second kappa shape index (κ2) is 11.7. The van der Waals surface area contributed by atoms with E-state index in [1.807, 2.05) is 0 Å². The number of hydrogen-bond acceptors (Lipinski definition) is 4. The maximum atomic E-state index is 12.8. The molecule has 2 aliphatic rings. The summed E-state index contributed by atoms with van der Waals surface area (Å²) in [6.45, 7) is 6.62. The molecule has 164 valence electrons. The van der Waals surface area contributed by atoms with Crippen molar-refractivity contribution in [1.29, 1.82) is 0 Å². The predicted octanol–water partition coefficient (Wildman–Crippen LogP) is 4.54. The van der Waals surface area contributed by atoms with Crippen LogP contribution in [0.1, 0.15) is 72.1 Å². The number of fused-ring (bicyclic) bond motifs is 1. The number of allylic oxidation sites excluding steroid dienone is 3. The van der Waals surface area contributed by atoms with Crippen LogP contribution >= 0.6 is 0 Å². The molecule has 0 unspecified atom stereocenters. The van der Waals surface area contributed by atoms with Gasteiger partial charge in [0.25, 0.3) is 0 Å². The highest BCUT2D eigenvalue weighted by atomic mass is 16.5. The van der Waals surface area contributed by atoms with Gasteiger partial charge in [0.1, 0.15) is 12.4 Å². The summed E-state index contributed by atoms with van der Waals surface area (Å²) in [5.41, 5.74) is 2.60. The summed E-state index contributed by atoms with van der Waals surface area (Å²) in [6, 6.07) is 0. The Morgan fingerprint density at radius 2 is 2.07 bits per heavy atom. The summed E-state index contributed by atoms with van der Waals surface area (Å²) >= 11 is 0. The van der Waals surface area contributed by atoms with Gasteiger partial charge in [-0.15, -0.1) is 0 Å². The molecule has 29 heavy (non-hydrogen) atoms. The molecular weight excluding hydrogens is 368 g/mol. The van der Waals surface area contributed by atoms with Gasteiger partial charge in [-0.3, -0.25) is 4.79 Å². The van der Waals surface area contributed by atoms with Gasteiger partial charge in [-0.2, -0.15) is 0 Å². The Balaban J connectivity index is 1.73. The van der Waals surface area contributed by atoms with Crippen LogP contribution in [0, 0.1) is 23.7 Å². The van der Waals surface area contributed by atoms with E-state index in [2.05, 4.69) is 32.9 Å².